The Bertz CT molecular complexity index is 1610. The molecule has 5 aromatic rings. The lowest BCUT2D eigenvalue weighted by Gasteiger charge is -2.15. The third kappa shape index (κ3) is 4.48. The SMILES string of the molecule is O=C(c1cnc(-c2ccccn2)o1)c1c(C(F)(F)F)n(Cc2ccc(Cl)cc2Cl)c2ccc(Cl)cc12. The average Bonchev–Trinajstić information content (AvgIpc) is 3.44. The van der Waals surface area contributed by atoms with E-state index in [0.717, 1.165) is 10.8 Å². The van der Waals surface area contributed by atoms with Gasteiger partial charge in [-0.1, -0.05) is 46.9 Å². The Morgan fingerprint density at radius 1 is 0.972 bits per heavy atom. The van der Waals surface area contributed by atoms with E-state index in [2.05, 4.69) is 9.97 Å². The smallest absolute Gasteiger partial charge is 0.431 e. The highest BCUT2D eigenvalue weighted by Gasteiger charge is 2.42. The highest BCUT2D eigenvalue weighted by molar-refractivity contribution is 6.35. The number of hydrogen-bond acceptors (Lipinski definition) is 4. The van der Waals surface area contributed by atoms with E-state index < -0.39 is 23.2 Å². The van der Waals surface area contributed by atoms with E-state index in [-0.39, 0.29) is 39.1 Å². The molecule has 0 aliphatic heterocycles. The molecule has 0 saturated heterocycles. The third-order valence-corrected chi connectivity index (χ3v) is 6.30. The van der Waals surface area contributed by atoms with Crippen LogP contribution in [0.4, 0.5) is 13.2 Å². The van der Waals surface area contributed by atoms with Gasteiger partial charge in [-0.2, -0.15) is 13.2 Å². The summed E-state index contributed by atoms with van der Waals surface area (Å²) >= 11 is 18.3. The average molecular weight is 551 g/mol. The van der Waals surface area contributed by atoms with E-state index in [1.807, 2.05) is 0 Å². The summed E-state index contributed by atoms with van der Waals surface area (Å²) < 4.78 is 50.1. The van der Waals surface area contributed by atoms with Crippen molar-refractivity contribution in [3.8, 4) is 11.6 Å². The first-order valence-corrected chi connectivity index (χ1v) is 11.5. The van der Waals surface area contributed by atoms with E-state index in [4.69, 9.17) is 39.2 Å². The lowest BCUT2D eigenvalue weighted by Crippen LogP contribution is -2.18. The van der Waals surface area contributed by atoms with Crippen LogP contribution in [0.3, 0.4) is 0 Å². The number of rotatable bonds is 5. The van der Waals surface area contributed by atoms with Crippen molar-refractivity contribution in [2.75, 3.05) is 0 Å². The van der Waals surface area contributed by atoms with Crippen molar-refractivity contribution < 1.29 is 22.4 Å². The second kappa shape index (κ2) is 9.28. The monoisotopic (exact) mass is 549 g/mol. The summed E-state index contributed by atoms with van der Waals surface area (Å²) in [5.74, 6) is -1.36. The van der Waals surface area contributed by atoms with E-state index in [1.165, 1.54) is 42.6 Å². The topological polar surface area (TPSA) is 60.9 Å². The second-order valence-corrected chi connectivity index (χ2v) is 9.06. The van der Waals surface area contributed by atoms with Crippen molar-refractivity contribution >= 4 is 51.5 Å². The zero-order chi connectivity index (χ0) is 25.6. The molecule has 0 fully saturated rings. The van der Waals surface area contributed by atoms with Gasteiger partial charge in [0.05, 0.1) is 11.8 Å². The summed E-state index contributed by atoms with van der Waals surface area (Å²) in [7, 11) is 0. The molecule has 36 heavy (non-hydrogen) atoms. The van der Waals surface area contributed by atoms with Crippen LogP contribution in [0.2, 0.25) is 15.1 Å². The molecule has 0 saturated carbocycles. The first kappa shape index (κ1) is 24.4. The molecule has 0 spiro atoms. The van der Waals surface area contributed by atoms with Crippen LogP contribution in [0.1, 0.15) is 27.4 Å². The van der Waals surface area contributed by atoms with Crippen LogP contribution >= 0.6 is 34.8 Å². The van der Waals surface area contributed by atoms with E-state index >= 15 is 0 Å². The molecule has 3 aromatic heterocycles. The zero-order valence-corrected chi connectivity index (χ0v) is 20.3. The second-order valence-electron chi connectivity index (χ2n) is 7.78. The molecular formula is C25H13Cl3F3N3O2. The van der Waals surface area contributed by atoms with Gasteiger partial charge in [0.2, 0.25) is 11.7 Å². The van der Waals surface area contributed by atoms with Gasteiger partial charge in [0.25, 0.3) is 0 Å². The fourth-order valence-electron chi connectivity index (χ4n) is 3.95. The van der Waals surface area contributed by atoms with Crippen LogP contribution in [-0.4, -0.2) is 20.3 Å². The minimum Gasteiger partial charge on any atom is -0.431 e. The van der Waals surface area contributed by atoms with Gasteiger partial charge in [0.15, 0.2) is 5.76 Å². The molecule has 0 aliphatic carbocycles. The van der Waals surface area contributed by atoms with Gasteiger partial charge in [-0.3, -0.25) is 9.78 Å². The van der Waals surface area contributed by atoms with Crippen LogP contribution < -0.4 is 0 Å². The van der Waals surface area contributed by atoms with Gasteiger partial charge in [-0.15, -0.1) is 0 Å². The molecule has 0 radical (unpaired) electrons. The molecule has 0 amide bonds. The van der Waals surface area contributed by atoms with E-state index in [1.54, 1.807) is 18.2 Å². The van der Waals surface area contributed by atoms with Crippen LogP contribution in [-0.2, 0) is 12.7 Å². The Balaban J connectivity index is 1.71. The number of nitrogens with zero attached hydrogens (tertiary/aromatic N) is 3. The Morgan fingerprint density at radius 3 is 2.42 bits per heavy atom. The van der Waals surface area contributed by atoms with E-state index in [0.29, 0.717) is 16.3 Å². The lowest BCUT2D eigenvalue weighted by atomic mass is 10.0. The zero-order valence-electron chi connectivity index (χ0n) is 18.0. The van der Waals surface area contributed by atoms with Crippen molar-refractivity contribution in [1.82, 2.24) is 14.5 Å². The van der Waals surface area contributed by atoms with Crippen LogP contribution in [0.5, 0.6) is 0 Å². The molecule has 11 heteroatoms. The number of carbonyl (C=O) groups is 1. The summed E-state index contributed by atoms with van der Waals surface area (Å²) in [5.41, 5.74) is -0.907. The molecule has 0 atom stereocenters. The van der Waals surface area contributed by atoms with E-state index in [9.17, 15) is 18.0 Å². The minimum absolute atomic E-state index is 0.00206. The quantitative estimate of drug-likeness (QED) is 0.208. The maximum Gasteiger partial charge on any atom is 0.432 e. The first-order valence-electron chi connectivity index (χ1n) is 10.4. The number of pyridine rings is 1. The molecule has 0 aliphatic rings. The first-order chi connectivity index (χ1) is 17.1. The fourth-order valence-corrected chi connectivity index (χ4v) is 4.59. The summed E-state index contributed by atoms with van der Waals surface area (Å²) in [6, 6.07) is 13.7. The van der Waals surface area contributed by atoms with Gasteiger partial charge >= 0.3 is 6.18 Å². The lowest BCUT2D eigenvalue weighted by molar-refractivity contribution is -0.143. The largest absolute Gasteiger partial charge is 0.432 e. The molecule has 0 bridgehead atoms. The highest BCUT2D eigenvalue weighted by atomic mass is 35.5. The Hall–Kier alpha value is -3.33. The number of alkyl halides is 3. The number of benzene rings is 2. The molecule has 0 N–H and O–H groups in total. The normalized spacial score (nSPS) is 11.8. The number of hydrogen-bond donors (Lipinski definition) is 0. The van der Waals surface area contributed by atoms with Gasteiger partial charge in [-0.25, -0.2) is 4.98 Å². The molecule has 2 aromatic carbocycles. The predicted molar refractivity (Wildman–Crippen MR) is 131 cm³/mol. The van der Waals surface area contributed by atoms with Gasteiger partial charge in [0.1, 0.15) is 11.4 Å². The van der Waals surface area contributed by atoms with Crippen LogP contribution in [0, 0.1) is 0 Å². The third-order valence-electron chi connectivity index (χ3n) is 5.48. The summed E-state index contributed by atoms with van der Waals surface area (Å²) in [4.78, 5) is 21.6. The number of carbonyl (C=O) groups excluding carboxylic acids is 1. The Kier molecular flexibility index (Phi) is 6.28. The molecule has 182 valence electrons. The maximum atomic E-state index is 14.5. The molecule has 3 heterocycles. The van der Waals surface area contributed by atoms with Crippen molar-refractivity contribution in [2.45, 2.75) is 12.7 Å². The fraction of sp³-hybridized carbons (Fsp3) is 0.0800. The number of fused-ring (bicyclic) bond motifs is 1. The van der Waals surface area contributed by atoms with Crippen LogP contribution in [0.25, 0.3) is 22.5 Å². The number of aromatic nitrogens is 3. The molecule has 0 unspecified atom stereocenters. The van der Waals surface area contributed by atoms with Crippen LogP contribution in [0.15, 0.2) is 71.4 Å². The van der Waals surface area contributed by atoms with Crippen molar-refractivity contribution in [3.05, 3.63) is 105 Å². The maximum absolute atomic E-state index is 14.5. The van der Waals surface area contributed by atoms with Gasteiger partial charge in [-0.05, 0) is 48.0 Å². The van der Waals surface area contributed by atoms with Gasteiger partial charge in [0, 0.05) is 38.7 Å². The highest BCUT2D eigenvalue weighted by Crippen LogP contribution is 2.41. The molecule has 5 nitrogen and oxygen atoms in total. The van der Waals surface area contributed by atoms with Crippen molar-refractivity contribution in [2.24, 2.45) is 0 Å². The Labute approximate surface area is 217 Å². The number of ketones is 1. The van der Waals surface area contributed by atoms with Crippen molar-refractivity contribution in [1.29, 1.82) is 0 Å². The summed E-state index contributed by atoms with van der Waals surface area (Å²) in [6.45, 7) is -0.272. The summed E-state index contributed by atoms with van der Waals surface area (Å²) in [6.07, 6.45) is -2.32. The predicted octanol–water partition coefficient (Wildman–Crippen LogP) is 7.95. The standard InChI is InChI=1S/C25H13Cl3F3N3O2/c26-14-6-7-19-16(9-14)21(22(35)20-11-33-24(36-20)18-3-1-2-8-32-18)23(25(29,30)31)34(19)12-13-4-5-15(27)10-17(13)28/h1-11H,12H2. The van der Waals surface area contributed by atoms with Crippen molar-refractivity contribution in [3.63, 3.8) is 0 Å². The minimum atomic E-state index is -4.90. The summed E-state index contributed by atoms with van der Waals surface area (Å²) in [5, 5.41) is 0.711. The van der Waals surface area contributed by atoms with Gasteiger partial charge < -0.3 is 8.98 Å². The number of oxazole rings is 1. The Morgan fingerprint density at radius 2 is 1.72 bits per heavy atom. The molecular weight excluding hydrogens is 538 g/mol. The molecule has 5 rings (SSSR count). The number of halogens is 6.